The smallest absolute Gasteiger partial charge is 0.222 e. The van der Waals surface area contributed by atoms with E-state index in [0.29, 0.717) is 18.2 Å². The number of amides is 1. The first-order valence-corrected chi connectivity index (χ1v) is 5.25. The van der Waals surface area contributed by atoms with Crippen LogP contribution in [0.2, 0.25) is 0 Å². The van der Waals surface area contributed by atoms with Crippen LogP contribution in [0.1, 0.15) is 32.6 Å². The number of carbonyl (C=O) groups is 1. The van der Waals surface area contributed by atoms with Gasteiger partial charge >= 0.3 is 0 Å². The Morgan fingerprint density at radius 2 is 2.38 bits per heavy atom. The Hall–Kier alpha value is -0.570. The molecule has 0 saturated carbocycles. The van der Waals surface area contributed by atoms with Gasteiger partial charge < -0.3 is 10.6 Å². The number of carbonyl (C=O) groups excluding carboxylic acids is 1. The summed E-state index contributed by atoms with van der Waals surface area (Å²) in [5, 5.41) is 0. The fraction of sp³-hybridized carbons (Fsp3) is 0.900. The lowest BCUT2D eigenvalue weighted by molar-refractivity contribution is -0.132. The Kier molecular flexibility index (Phi) is 4.22. The Morgan fingerprint density at radius 3 is 3.00 bits per heavy atom. The van der Waals surface area contributed by atoms with Gasteiger partial charge in [-0.3, -0.25) is 4.79 Å². The van der Waals surface area contributed by atoms with Crippen molar-refractivity contribution in [3.8, 4) is 0 Å². The van der Waals surface area contributed by atoms with Crippen LogP contribution in [0, 0.1) is 5.92 Å². The predicted molar refractivity (Wildman–Crippen MR) is 53.3 cm³/mol. The topological polar surface area (TPSA) is 46.3 Å². The monoisotopic (exact) mass is 184 g/mol. The van der Waals surface area contributed by atoms with Crippen LogP contribution in [0.5, 0.6) is 0 Å². The lowest BCUT2D eigenvalue weighted by atomic mass is 9.95. The predicted octanol–water partition coefficient (Wildman–Crippen LogP) is 0.984. The minimum atomic E-state index is 0.293. The van der Waals surface area contributed by atoms with Crippen LogP contribution < -0.4 is 5.73 Å². The molecule has 13 heavy (non-hydrogen) atoms. The van der Waals surface area contributed by atoms with Crippen molar-refractivity contribution in [3.05, 3.63) is 0 Å². The molecule has 1 aliphatic rings. The maximum Gasteiger partial charge on any atom is 0.222 e. The minimum absolute atomic E-state index is 0.293. The molecule has 0 bridgehead atoms. The Morgan fingerprint density at radius 1 is 1.62 bits per heavy atom. The molecule has 3 nitrogen and oxygen atoms in total. The zero-order valence-electron chi connectivity index (χ0n) is 8.46. The lowest BCUT2D eigenvalue weighted by Gasteiger charge is -2.32. The van der Waals surface area contributed by atoms with Crippen molar-refractivity contribution in [2.45, 2.75) is 32.6 Å². The van der Waals surface area contributed by atoms with Gasteiger partial charge in [-0.1, -0.05) is 6.92 Å². The molecule has 1 heterocycles. The maximum atomic E-state index is 11.4. The van der Waals surface area contributed by atoms with E-state index in [-0.39, 0.29) is 0 Å². The molecular weight excluding hydrogens is 164 g/mol. The van der Waals surface area contributed by atoms with Crippen LogP contribution in [0.15, 0.2) is 0 Å². The standard InChI is InChI=1S/C10H20N2O/c1-2-10(13)12-7-3-4-9(8-12)5-6-11/h9H,2-8,11H2,1H3. The summed E-state index contributed by atoms with van der Waals surface area (Å²) >= 11 is 0. The summed E-state index contributed by atoms with van der Waals surface area (Å²) in [4.78, 5) is 13.4. The van der Waals surface area contributed by atoms with Crippen molar-refractivity contribution in [1.29, 1.82) is 0 Å². The average molecular weight is 184 g/mol. The zero-order chi connectivity index (χ0) is 9.68. The second kappa shape index (κ2) is 5.22. The first-order chi connectivity index (χ1) is 6.27. The van der Waals surface area contributed by atoms with E-state index in [9.17, 15) is 4.79 Å². The first-order valence-electron chi connectivity index (χ1n) is 5.25. The van der Waals surface area contributed by atoms with E-state index in [0.717, 1.165) is 32.5 Å². The van der Waals surface area contributed by atoms with E-state index in [1.807, 2.05) is 11.8 Å². The molecule has 1 fully saturated rings. The van der Waals surface area contributed by atoms with Gasteiger partial charge in [0.2, 0.25) is 5.91 Å². The summed E-state index contributed by atoms with van der Waals surface area (Å²) in [6.07, 6.45) is 4.09. The van der Waals surface area contributed by atoms with Crippen molar-refractivity contribution < 1.29 is 4.79 Å². The number of nitrogens with two attached hydrogens (primary N) is 1. The molecule has 1 atom stereocenters. The van der Waals surface area contributed by atoms with E-state index in [1.165, 1.54) is 6.42 Å². The van der Waals surface area contributed by atoms with Crippen LogP contribution >= 0.6 is 0 Å². The Balaban J connectivity index is 2.37. The van der Waals surface area contributed by atoms with E-state index in [4.69, 9.17) is 5.73 Å². The quantitative estimate of drug-likeness (QED) is 0.711. The van der Waals surface area contributed by atoms with Crippen molar-refractivity contribution in [2.75, 3.05) is 19.6 Å². The van der Waals surface area contributed by atoms with E-state index in [1.54, 1.807) is 0 Å². The van der Waals surface area contributed by atoms with E-state index < -0.39 is 0 Å². The molecule has 0 spiro atoms. The highest BCUT2D eigenvalue weighted by Gasteiger charge is 2.21. The molecule has 76 valence electrons. The molecule has 0 aromatic heterocycles. The molecule has 1 unspecified atom stereocenters. The molecule has 0 aromatic carbocycles. The summed E-state index contributed by atoms with van der Waals surface area (Å²) in [7, 11) is 0. The Bertz CT molecular complexity index is 168. The van der Waals surface area contributed by atoms with Crippen LogP contribution in [-0.4, -0.2) is 30.4 Å². The summed E-state index contributed by atoms with van der Waals surface area (Å²) < 4.78 is 0. The molecule has 1 rings (SSSR count). The van der Waals surface area contributed by atoms with Gasteiger partial charge in [0.25, 0.3) is 0 Å². The zero-order valence-corrected chi connectivity index (χ0v) is 8.46. The SMILES string of the molecule is CCC(=O)N1CCCC(CCN)C1. The summed E-state index contributed by atoms with van der Waals surface area (Å²) in [6.45, 7) is 4.56. The number of hydrogen-bond acceptors (Lipinski definition) is 2. The highest BCUT2D eigenvalue weighted by atomic mass is 16.2. The van der Waals surface area contributed by atoms with Crippen LogP contribution in [-0.2, 0) is 4.79 Å². The van der Waals surface area contributed by atoms with Gasteiger partial charge in [0.1, 0.15) is 0 Å². The third kappa shape index (κ3) is 2.99. The van der Waals surface area contributed by atoms with Gasteiger partial charge in [-0.15, -0.1) is 0 Å². The summed E-state index contributed by atoms with van der Waals surface area (Å²) in [5.74, 6) is 0.941. The first kappa shape index (κ1) is 10.5. The molecular formula is C10H20N2O. The van der Waals surface area contributed by atoms with Gasteiger partial charge in [0, 0.05) is 19.5 Å². The third-order valence-electron chi connectivity index (χ3n) is 2.75. The largest absolute Gasteiger partial charge is 0.342 e. The van der Waals surface area contributed by atoms with Crippen molar-refractivity contribution in [3.63, 3.8) is 0 Å². The number of likely N-dealkylation sites (tertiary alicyclic amines) is 1. The van der Waals surface area contributed by atoms with Gasteiger partial charge in [0.15, 0.2) is 0 Å². The number of rotatable bonds is 3. The fourth-order valence-electron chi connectivity index (χ4n) is 1.99. The second-order valence-electron chi connectivity index (χ2n) is 3.78. The Labute approximate surface area is 80.3 Å². The summed E-state index contributed by atoms with van der Waals surface area (Å²) in [6, 6.07) is 0. The number of nitrogens with zero attached hydrogens (tertiary/aromatic N) is 1. The van der Waals surface area contributed by atoms with E-state index >= 15 is 0 Å². The molecule has 1 saturated heterocycles. The number of piperidine rings is 1. The maximum absolute atomic E-state index is 11.4. The molecule has 1 aliphatic heterocycles. The average Bonchev–Trinajstić information content (AvgIpc) is 2.18. The highest BCUT2D eigenvalue weighted by Crippen LogP contribution is 2.19. The van der Waals surface area contributed by atoms with Crippen LogP contribution in [0.4, 0.5) is 0 Å². The van der Waals surface area contributed by atoms with E-state index in [2.05, 4.69) is 0 Å². The third-order valence-corrected chi connectivity index (χ3v) is 2.75. The van der Waals surface area contributed by atoms with Crippen molar-refractivity contribution in [2.24, 2.45) is 11.7 Å². The van der Waals surface area contributed by atoms with Crippen molar-refractivity contribution in [1.82, 2.24) is 4.90 Å². The van der Waals surface area contributed by atoms with Gasteiger partial charge in [-0.2, -0.15) is 0 Å². The molecule has 0 aromatic rings. The van der Waals surface area contributed by atoms with Crippen molar-refractivity contribution >= 4 is 5.91 Å². The van der Waals surface area contributed by atoms with Gasteiger partial charge in [-0.05, 0) is 31.7 Å². The lowest BCUT2D eigenvalue weighted by Crippen LogP contribution is -2.40. The highest BCUT2D eigenvalue weighted by molar-refractivity contribution is 5.75. The second-order valence-corrected chi connectivity index (χ2v) is 3.78. The van der Waals surface area contributed by atoms with Gasteiger partial charge in [0.05, 0.1) is 0 Å². The summed E-state index contributed by atoms with van der Waals surface area (Å²) in [5.41, 5.74) is 5.51. The molecule has 0 aliphatic carbocycles. The molecule has 1 amide bonds. The fourth-order valence-corrected chi connectivity index (χ4v) is 1.99. The molecule has 0 radical (unpaired) electrons. The molecule has 3 heteroatoms. The number of hydrogen-bond donors (Lipinski definition) is 1. The van der Waals surface area contributed by atoms with Gasteiger partial charge in [-0.25, -0.2) is 0 Å². The van der Waals surface area contributed by atoms with Crippen LogP contribution in [0.3, 0.4) is 0 Å². The minimum Gasteiger partial charge on any atom is -0.342 e. The van der Waals surface area contributed by atoms with Crippen LogP contribution in [0.25, 0.3) is 0 Å². The normalized spacial score (nSPS) is 23.2. The molecule has 2 N–H and O–H groups in total.